The molecule has 0 aliphatic rings. The predicted octanol–water partition coefficient (Wildman–Crippen LogP) is 2.84. The molecule has 1 heterocycles. The lowest BCUT2D eigenvalue weighted by Gasteiger charge is -2.15. The molecule has 1 unspecified atom stereocenters. The number of hydrogen-bond donors (Lipinski definition) is 2. The van der Waals surface area contributed by atoms with Crippen LogP contribution < -0.4 is 5.32 Å². The van der Waals surface area contributed by atoms with Crippen molar-refractivity contribution in [2.24, 2.45) is 0 Å². The zero-order valence-corrected chi connectivity index (χ0v) is 12.7. The van der Waals surface area contributed by atoms with Crippen LogP contribution in [0.15, 0.2) is 42.6 Å². The minimum Gasteiger partial charge on any atom is -0.387 e. The van der Waals surface area contributed by atoms with Crippen LogP contribution in [0.2, 0.25) is 0 Å². The number of nitrogens with one attached hydrogen (secondary N) is 1. The van der Waals surface area contributed by atoms with Crippen molar-refractivity contribution >= 4 is 5.91 Å². The average molecular weight is 286 g/mol. The molecular formula is C17H22N2O2. The number of aryl methyl sites for hydroxylation is 1. The lowest BCUT2D eigenvalue weighted by atomic mass is 10.1. The maximum atomic E-state index is 12.2. The zero-order chi connectivity index (χ0) is 15.4. The van der Waals surface area contributed by atoms with Crippen LogP contribution in [0.1, 0.15) is 47.6 Å². The number of nitrogens with zero attached hydrogens (tertiary/aromatic N) is 1. The third kappa shape index (κ3) is 3.73. The minimum absolute atomic E-state index is 0.166. The van der Waals surface area contributed by atoms with Gasteiger partial charge >= 0.3 is 0 Å². The van der Waals surface area contributed by atoms with E-state index in [2.05, 4.69) is 5.32 Å². The summed E-state index contributed by atoms with van der Waals surface area (Å²) >= 11 is 0. The van der Waals surface area contributed by atoms with Crippen molar-refractivity contribution in [3.63, 3.8) is 0 Å². The molecule has 1 amide bonds. The van der Waals surface area contributed by atoms with Crippen molar-refractivity contribution in [3.05, 3.63) is 59.4 Å². The van der Waals surface area contributed by atoms with Gasteiger partial charge in [0.05, 0.1) is 6.10 Å². The van der Waals surface area contributed by atoms with Crippen molar-refractivity contribution in [2.45, 2.75) is 32.9 Å². The van der Waals surface area contributed by atoms with Gasteiger partial charge in [-0.15, -0.1) is 0 Å². The number of aliphatic hydroxyl groups excluding tert-OH is 1. The Morgan fingerprint density at radius 2 is 2.05 bits per heavy atom. The van der Waals surface area contributed by atoms with Crippen LogP contribution >= 0.6 is 0 Å². The third-order valence-corrected chi connectivity index (χ3v) is 3.45. The van der Waals surface area contributed by atoms with Gasteiger partial charge in [-0.2, -0.15) is 0 Å². The molecule has 0 saturated carbocycles. The third-order valence-electron chi connectivity index (χ3n) is 3.45. The van der Waals surface area contributed by atoms with E-state index in [1.54, 1.807) is 6.07 Å². The van der Waals surface area contributed by atoms with Crippen molar-refractivity contribution in [1.82, 2.24) is 9.88 Å². The monoisotopic (exact) mass is 286 g/mol. The molecule has 2 N–H and O–H groups in total. The molecule has 0 saturated heterocycles. The summed E-state index contributed by atoms with van der Waals surface area (Å²) in [6.07, 6.45) is 1.19. The molecular weight excluding hydrogens is 264 g/mol. The molecule has 2 rings (SSSR count). The quantitative estimate of drug-likeness (QED) is 0.888. The lowest BCUT2D eigenvalue weighted by molar-refractivity contribution is 0.0905. The predicted molar refractivity (Wildman–Crippen MR) is 83.3 cm³/mol. The Labute approximate surface area is 125 Å². The normalized spacial score (nSPS) is 12.4. The molecule has 21 heavy (non-hydrogen) atoms. The van der Waals surface area contributed by atoms with Gasteiger partial charge < -0.3 is 15.0 Å². The fraction of sp³-hybridized carbons (Fsp3) is 0.353. The van der Waals surface area contributed by atoms with E-state index in [-0.39, 0.29) is 18.5 Å². The summed E-state index contributed by atoms with van der Waals surface area (Å²) in [6, 6.07) is 11.5. The Morgan fingerprint density at radius 3 is 2.71 bits per heavy atom. The molecule has 0 bridgehead atoms. The number of amides is 1. The molecule has 4 nitrogen and oxygen atoms in total. The number of carbonyl (C=O) groups is 1. The SMILES string of the molecule is Cc1cccc(C(O)CNC(=O)c2cccn2C(C)C)c1. The summed E-state index contributed by atoms with van der Waals surface area (Å²) in [5.41, 5.74) is 2.52. The minimum atomic E-state index is -0.698. The molecule has 0 aliphatic carbocycles. The zero-order valence-electron chi connectivity index (χ0n) is 12.7. The van der Waals surface area contributed by atoms with E-state index in [0.717, 1.165) is 11.1 Å². The number of aliphatic hydroxyl groups is 1. The fourth-order valence-corrected chi connectivity index (χ4v) is 2.31. The molecule has 0 spiro atoms. The molecule has 112 valence electrons. The number of carbonyl (C=O) groups excluding carboxylic acids is 1. The van der Waals surface area contributed by atoms with Gasteiger partial charge in [0, 0.05) is 18.8 Å². The van der Waals surface area contributed by atoms with Crippen LogP contribution in [0.3, 0.4) is 0 Å². The topological polar surface area (TPSA) is 54.3 Å². The molecule has 0 radical (unpaired) electrons. The van der Waals surface area contributed by atoms with Gasteiger partial charge in [-0.05, 0) is 38.5 Å². The first-order valence-electron chi connectivity index (χ1n) is 7.18. The standard InChI is InChI=1S/C17H22N2O2/c1-12(2)19-9-5-8-15(19)17(21)18-11-16(20)14-7-4-6-13(3)10-14/h4-10,12,16,20H,11H2,1-3H3,(H,18,21). The number of rotatable bonds is 5. The highest BCUT2D eigenvalue weighted by molar-refractivity contribution is 5.92. The Kier molecular flexibility index (Phi) is 4.81. The van der Waals surface area contributed by atoms with E-state index in [4.69, 9.17) is 0 Å². The summed E-state index contributed by atoms with van der Waals surface area (Å²) < 4.78 is 1.91. The van der Waals surface area contributed by atoms with Crippen molar-refractivity contribution in [1.29, 1.82) is 0 Å². The first kappa shape index (κ1) is 15.3. The van der Waals surface area contributed by atoms with E-state index < -0.39 is 6.10 Å². The Balaban J connectivity index is 1.99. The average Bonchev–Trinajstić information content (AvgIpc) is 2.94. The van der Waals surface area contributed by atoms with E-state index in [0.29, 0.717) is 5.69 Å². The van der Waals surface area contributed by atoms with Gasteiger partial charge in [0.1, 0.15) is 5.69 Å². The molecule has 4 heteroatoms. The molecule has 0 fully saturated rings. The highest BCUT2D eigenvalue weighted by Gasteiger charge is 2.14. The van der Waals surface area contributed by atoms with Gasteiger partial charge in [0.15, 0.2) is 0 Å². The van der Waals surface area contributed by atoms with Gasteiger partial charge in [-0.3, -0.25) is 4.79 Å². The van der Waals surface area contributed by atoms with E-state index in [1.165, 1.54) is 0 Å². The highest BCUT2D eigenvalue weighted by Crippen LogP contribution is 2.14. The summed E-state index contributed by atoms with van der Waals surface area (Å²) in [5.74, 6) is -0.166. The van der Waals surface area contributed by atoms with E-state index >= 15 is 0 Å². The lowest BCUT2D eigenvalue weighted by Crippen LogP contribution is -2.30. The molecule has 1 aromatic carbocycles. The molecule has 2 aromatic rings. The Hall–Kier alpha value is -2.07. The second-order valence-corrected chi connectivity index (χ2v) is 5.53. The first-order valence-corrected chi connectivity index (χ1v) is 7.18. The number of aromatic nitrogens is 1. The van der Waals surface area contributed by atoms with Crippen molar-refractivity contribution in [3.8, 4) is 0 Å². The largest absolute Gasteiger partial charge is 0.387 e. The molecule has 1 atom stereocenters. The van der Waals surface area contributed by atoms with Gasteiger partial charge in [0.2, 0.25) is 0 Å². The van der Waals surface area contributed by atoms with Crippen LogP contribution in [0, 0.1) is 6.92 Å². The summed E-state index contributed by atoms with van der Waals surface area (Å²) in [4.78, 5) is 12.2. The second-order valence-electron chi connectivity index (χ2n) is 5.53. The van der Waals surface area contributed by atoms with Crippen LogP contribution in [0.4, 0.5) is 0 Å². The van der Waals surface area contributed by atoms with E-state index in [1.807, 2.05) is 61.9 Å². The Morgan fingerprint density at radius 1 is 1.29 bits per heavy atom. The Bertz CT molecular complexity index is 617. The first-order chi connectivity index (χ1) is 9.99. The van der Waals surface area contributed by atoms with Crippen LogP contribution in [-0.2, 0) is 0 Å². The van der Waals surface area contributed by atoms with Crippen molar-refractivity contribution in [2.75, 3.05) is 6.54 Å². The summed E-state index contributed by atoms with van der Waals surface area (Å²) in [5, 5.41) is 12.9. The maximum absolute atomic E-state index is 12.2. The van der Waals surface area contributed by atoms with Crippen LogP contribution in [0.25, 0.3) is 0 Å². The van der Waals surface area contributed by atoms with E-state index in [9.17, 15) is 9.90 Å². The maximum Gasteiger partial charge on any atom is 0.268 e. The molecule has 0 aliphatic heterocycles. The fourth-order valence-electron chi connectivity index (χ4n) is 2.31. The van der Waals surface area contributed by atoms with Crippen LogP contribution in [-0.4, -0.2) is 22.1 Å². The van der Waals surface area contributed by atoms with Crippen LogP contribution in [0.5, 0.6) is 0 Å². The summed E-state index contributed by atoms with van der Waals surface area (Å²) in [7, 11) is 0. The van der Waals surface area contributed by atoms with Gasteiger partial charge in [-0.25, -0.2) is 0 Å². The number of benzene rings is 1. The van der Waals surface area contributed by atoms with Gasteiger partial charge in [-0.1, -0.05) is 29.8 Å². The number of hydrogen-bond acceptors (Lipinski definition) is 2. The summed E-state index contributed by atoms with van der Waals surface area (Å²) in [6.45, 7) is 6.23. The van der Waals surface area contributed by atoms with Gasteiger partial charge in [0.25, 0.3) is 5.91 Å². The smallest absolute Gasteiger partial charge is 0.268 e. The highest BCUT2D eigenvalue weighted by atomic mass is 16.3. The molecule has 1 aromatic heterocycles. The second kappa shape index (κ2) is 6.59. The van der Waals surface area contributed by atoms with Crippen molar-refractivity contribution < 1.29 is 9.90 Å².